The van der Waals surface area contributed by atoms with E-state index in [4.69, 9.17) is 11.6 Å². The molecule has 1 heterocycles. The Morgan fingerprint density at radius 3 is 2.47 bits per heavy atom. The highest BCUT2D eigenvalue weighted by molar-refractivity contribution is 6.30. The number of nitrogens with one attached hydrogen (secondary N) is 1. The summed E-state index contributed by atoms with van der Waals surface area (Å²) in [6.07, 6.45) is 0. The molecule has 0 saturated carbocycles. The molecular weight excluding hydrogens is 396 g/mol. The Bertz CT molecular complexity index is 1250. The molecular formula is C24H21ClN4O. The Morgan fingerprint density at radius 1 is 0.933 bits per heavy atom. The number of halogens is 1. The first kappa shape index (κ1) is 19.9. The number of carbonyl (C=O) groups excluding carboxylic acids is 1. The van der Waals surface area contributed by atoms with Gasteiger partial charge in [-0.05, 0) is 62.2 Å². The van der Waals surface area contributed by atoms with E-state index in [0.717, 1.165) is 27.9 Å². The van der Waals surface area contributed by atoms with Gasteiger partial charge in [-0.25, -0.2) is 9.67 Å². The number of hydrogen-bond acceptors (Lipinski definition) is 3. The Kier molecular flexibility index (Phi) is 5.38. The van der Waals surface area contributed by atoms with Crippen molar-refractivity contribution in [1.29, 1.82) is 0 Å². The van der Waals surface area contributed by atoms with Crippen LogP contribution in [0.15, 0.2) is 66.7 Å². The summed E-state index contributed by atoms with van der Waals surface area (Å²) < 4.78 is 1.74. The standard InChI is InChI=1S/C24H21ClN4O/c1-15-6-4-7-18(12-15)23-27-22(24(30)26-20-9-5-8-19(25)14-20)28-29(23)21-13-16(2)10-11-17(21)3/h4-14H,1-3H3,(H,26,30). The molecule has 0 aliphatic carbocycles. The van der Waals surface area contributed by atoms with Crippen LogP contribution in [0.2, 0.25) is 5.02 Å². The van der Waals surface area contributed by atoms with Crippen LogP contribution >= 0.6 is 11.6 Å². The van der Waals surface area contributed by atoms with E-state index in [0.29, 0.717) is 16.5 Å². The van der Waals surface area contributed by atoms with Crippen molar-refractivity contribution in [2.24, 2.45) is 0 Å². The van der Waals surface area contributed by atoms with E-state index in [1.54, 1.807) is 28.9 Å². The number of amides is 1. The van der Waals surface area contributed by atoms with E-state index in [1.165, 1.54) is 0 Å². The van der Waals surface area contributed by atoms with Crippen LogP contribution in [0.25, 0.3) is 17.1 Å². The molecule has 0 unspecified atom stereocenters. The van der Waals surface area contributed by atoms with Gasteiger partial charge < -0.3 is 5.32 Å². The van der Waals surface area contributed by atoms with Crippen LogP contribution in [0.1, 0.15) is 27.3 Å². The normalized spacial score (nSPS) is 10.8. The first-order valence-electron chi connectivity index (χ1n) is 9.59. The Hall–Kier alpha value is -3.44. The lowest BCUT2D eigenvalue weighted by atomic mass is 10.1. The van der Waals surface area contributed by atoms with Gasteiger partial charge in [0.1, 0.15) is 0 Å². The molecule has 150 valence electrons. The van der Waals surface area contributed by atoms with Crippen molar-refractivity contribution in [2.45, 2.75) is 20.8 Å². The van der Waals surface area contributed by atoms with Gasteiger partial charge in [0.15, 0.2) is 5.82 Å². The quantitative estimate of drug-likeness (QED) is 0.459. The van der Waals surface area contributed by atoms with Crippen molar-refractivity contribution in [3.05, 3.63) is 94.3 Å². The monoisotopic (exact) mass is 416 g/mol. The van der Waals surface area contributed by atoms with Crippen molar-refractivity contribution < 1.29 is 4.79 Å². The summed E-state index contributed by atoms with van der Waals surface area (Å²) >= 11 is 6.02. The van der Waals surface area contributed by atoms with E-state index in [1.807, 2.05) is 57.2 Å². The van der Waals surface area contributed by atoms with E-state index < -0.39 is 5.91 Å². The highest BCUT2D eigenvalue weighted by atomic mass is 35.5. The van der Waals surface area contributed by atoms with Gasteiger partial charge >= 0.3 is 0 Å². The minimum absolute atomic E-state index is 0.0902. The fourth-order valence-electron chi connectivity index (χ4n) is 3.25. The van der Waals surface area contributed by atoms with Gasteiger partial charge in [-0.1, -0.05) is 53.6 Å². The molecule has 1 aromatic heterocycles. The summed E-state index contributed by atoms with van der Waals surface area (Å²) in [5.74, 6) is 0.311. The van der Waals surface area contributed by atoms with Crippen LogP contribution in [0.5, 0.6) is 0 Å². The van der Waals surface area contributed by atoms with Crippen LogP contribution in [0, 0.1) is 20.8 Å². The maximum absolute atomic E-state index is 12.9. The summed E-state index contributed by atoms with van der Waals surface area (Å²) in [7, 11) is 0. The third-order valence-electron chi connectivity index (χ3n) is 4.76. The maximum Gasteiger partial charge on any atom is 0.295 e. The lowest BCUT2D eigenvalue weighted by molar-refractivity contribution is 0.101. The van der Waals surface area contributed by atoms with Crippen LogP contribution in [0.4, 0.5) is 5.69 Å². The van der Waals surface area contributed by atoms with Gasteiger partial charge in [0.25, 0.3) is 5.91 Å². The molecule has 0 fully saturated rings. The second kappa shape index (κ2) is 8.13. The smallest absolute Gasteiger partial charge is 0.295 e. The highest BCUT2D eigenvalue weighted by Crippen LogP contribution is 2.25. The zero-order chi connectivity index (χ0) is 21.3. The van der Waals surface area contributed by atoms with Crippen molar-refractivity contribution >= 4 is 23.2 Å². The number of benzene rings is 3. The third-order valence-corrected chi connectivity index (χ3v) is 5.00. The van der Waals surface area contributed by atoms with Gasteiger partial charge in [-0.2, -0.15) is 0 Å². The molecule has 0 saturated heterocycles. The molecule has 0 aliphatic heterocycles. The molecule has 0 atom stereocenters. The first-order valence-corrected chi connectivity index (χ1v) is 9.97. The Morgan fingerprint density at radius 2 is 1.70 bits per heavy atom. The Balaban J connectivity index is 1.81. The number of hydrogen-bond donors (Lipinski definition) is 1. The maximum atomic E-state index is 12.9. The molecule has 6 heteroatoms. The number of aryl methyl sites for hydroxylation is 3. The van der Waals surface area contributed by atoms with Crippen molar-refractivity contribution in [3.8, 4) is 17.1 Å². The van der Waals surface area contributed by atoms with E-state index in [-0.39, 0.29) is 5.82 Å². The molecule has 0 radical (unpaired) electrons. The molecule has 0 aliphatic rings. The zero-order valence-corrected chi connectivity index (χ0v) is 17.7. The predicted molar refractivity (Wildman–Crippen MR) is 120 cm³/mol. The molecule has 0 bridgehead atoms. The van der Waals surface area contributed by atoms with E-state index >= 15 is 0 Å². The number of carbonyl (C=O) groups is 1. The lowest BCUT2D eigenvalue weighted by Gasteiger charge is -2.10. The van der Waals surface area contributed by atoms with Crippen LogP contribution in [-0.4, -0.2) is 20.7 Å². The summed E-state index contributed by atoms with van der Waals surface area (Å²) in [5, 5.41) is 7.93. The second-order valence-corrected chi connectivity index (χ2v) is 7.73. The summed E-state index contributed by atoms with van der Waals surface area (Å²) in [5.41, 5.74) is 5.62. The lowest BCUT2D eigenvalue weighted by Crippen LogP contribution is -2.14. The molecule has 0 spiro atoms. The van der Waals surface area contributed by atoms with E-state index in [2.05, 4.69) is 21.5 Å². The van der Waals surface area contributed by atoms with Crippen LogP contribution in [-0.2, 0) is 0 Å². The Labute approximate surface area is 180 Å². The molecule has 4 aromatic rings. The molecule has 5 nitrogen and oxygen atoms in total. The summed E-state index contributed by atoms with van der Waals surface area (Å²) in [6, 6.07) is 21.1. The number of aromatic nitrogens is 3. The average molecular weight is 417 g/mol. The summed E-state index contributed by atoms with van der Waals surface area (Å²) in [4.78, 5) is 17.5. The minimum Gasteiger partial charge on any atom is -0.319 e. The molecule has 3 aromatic carbocycles. The summed E-state index contributed by atoms with van der Waals surface area (Å²) in [6.45, 7) is 6.07. The number of anilines is 1. The largest absolute Gasteiger partial charge is 0.319 e. The second-order valence-electron chi connectivity index (χ2n) is 7.29. The average Bonchev–Trinajstić information content (AvgIpc) is 3.15. The molecule has 1 amide bonds. The molecule has 30 heavy (non-hydrogen) atoms. The van der Waals surface area contributed by atoms with Gasteiger partial charge in [-0.3, -0.25) is 4.79 Å². The van der Waals surface area contributed by atoms with Crippen LogP contribution < -0.4 is 5.32 Å². The fourth-order valence-corrected chi connectivity index (χ4v) is 3.44. The SMILES string of the molecule is Cc1cccc(-c2nc(C(=O)Nc3cccc(Cl)c3)nn2-c2cc(C)ccc2C)c1. The molecule has 1 N–H and O–H groups in total. The van der Waals surface area contributed by atoms with Gasteiger partial charge in [-0.15, -0.1) is 5.10 Å². The highest BCUT2D eigenvalue weighted by Gasteiger charge is 2.20. The predicted octanol–water partition coefficient (Wildman–Crippen LogP) is 5.77. The first-order chi connectivity index (χ1) is 14.4. The van der Waals surface area contributed by atoms with Crippen molar-refractivity contribution in [2.75, 3.05) is 5.32 Å². The number of nitrogens with zero attached hydrogens (tertiary/aromatic N) is 3. The molecule has 4 rings (SSSR count). The van der Waals surface area contributed by atoms with Crippen molar-refractivity contribution in [3.63, 3.8) is 0 Å². The van der Waals surface area contributed by atoms with Crippen molar-refractivity contribution in [1.82, 2.24) is 14.8 Å². The van der Waals surface area contributed by atoms with Crippen LogP contribution in [0.3, 0.4) is 0 Å². The third kappa shape index (κ3) is 4.11. The fraction of sp³-hybridized carbons (Fsp3) is 0.125. The van der Waals surface area contributed by atoms with Gasteiger partial charge in [0, 0.05) is 16.3 Å². The zero-order valence-electron chi connectivity index (χ0n) is 17.0. The topological polar surface area (TPSA) is 59.8 Å². The van der Waals surface area contributed by atoms with Gasteiger partial charge in [0.2, 0.25) is 5.82 Å². The number of rotatable bonds is 4. The van der Waals surface area contributed by atoms with E-state index in [9.17, 15) is 4.79 Å². The minimum atomic E-state index is -0.393. The van der Waals surface area contributed by atoms with Gasteiger partial charge in [0.05, 0.1) is 5.69 Å².